The molecule has 0 spiro atoms. The van der Waals surface area contributed by atoms with E-state index in [0.29, 0.717) is 36.2 Å². The highest BCUT2D eigenvalue weighted by Gasteiger charge is 2.50. The third-order valence-electron chi connectivity index (χ3n) is 4.34. The number of rotatable bonds is 5. The maximum atomic E-state index is 12.6. The van der Waals surface area contributed by atoms with Crippen LogP contribution in [0.1, 0.15) is 18.4 Å². The van der Waals surface area contributed by atoms with Crippen molar-refractivity contribution in [3.8, 4) is 0 Å². The van der Waals surface area contributed by atoms with Crippen LogP contribution in [0.5, 0.6) is 0 Å². The van der Waals surface area contributed by atoms with Gasteiger partial charge in [-0.2, -0.15) is 17.5 Å². The Hall–Kier alpha value is -1.75. The number of hydrogen-bond donors (Lipinski definition) is 2. The molecule has 0 radical (unpaired) electrons. The van der Waals surface area contributed by atoms with Crippen molar-refractivity contribution in [3.05, 3.63) is 24.0 Å². The summed E-state index contributed by atoms with van der Waals surface area (Å²) in [5.74, 6) is 0.684. The van der Waals surface area contributed by atoms with Crippen LogP contribution >= 0.6 is 0 Å². The normalized spacial score (nSPS) is 18.1. The highest BCUT2D eigenvalue weighted by atomic mass is 32.2. The zero-order valence-corrected chi connectivity index (χ0v) is 15.6. The van der Waals surface area contributed by atoms with Gasteiger partial charge in [0.15, 0.2) is 5.96 Å². The first-order chi connectivity index (χ1) is 12.1. The SMILES string of the molecule is CN=C(NCc1ccn(C)c1)NCC1CCN(S(=O)(=O)C(F)(F)F)CC1. The van der Waals surface area contributed by atoms with Crippen LogP contribution in [0.4, 0.5) is 13.2 Å². The van der Waals surface area contributed by atoms with Crippen molar-refractivity contribution in [2.24, 2.45) is 18.0 Å². The van der Waals surface area contributed by atoms with E-state index in [1.54, 1.807) is 7.05 Å². The van der Waals surface area contributed by atoms with E-state index in [4.69, 9.17) is 0 Å². The Labute approximate surface area is 151 Å². The van der Waals surface area contributed by atoms with Gasteiger partial charge in [-0.25, -0.2) is 8.42 Å². The van der Waals surface area contributed by atoms with E-state index in [1.807, 2.05) is 30.1 Å². The van der Waals surface area contributed by atoms with Crippen LogP contribution in [0.15, 0.2) is 23.5 Å². The number of guanidine groups is 1. The molecule has 1 fully saturated rings. The third kappa shape index (κ3) is 5.13. The molecule has 0 unspecified atom stereocenters. The van der Waals surface area contributed by atoms with Crippen LogP contribution < -0.4 is 10.6 Å². The van der Waals surface area contributed by atoms with Crippen molar-refractivity contribution >= 4 is 16.0 Å². The number of hydrogen-bond acceptors (Lipinski definition) is 3. The van der Waals surface area contributed by atoms with E-state index in [1.165, 1.54) is 0 Å². The fourth-order valence-electron chi connectivity index (χ4n) is 2.81. The summed E-state index contributed by atoms with van der Waals surface area (Å²) in [7, 11) is -1.65. The number of piperidine rings is 1. The summed E-state index contributed by atoms with van der Waals surface area (Å²) in [6.45, 7) is 0.881. The minimum absolute atomic E-state index is 0.0879. The van der Waals surface area contributed by atoms with Crippen LogP contribution in [-0.4, -0.2) is 55.4 Å². The second kappa shape index (κ2) is 8.30. The molecule has 0 aromatic carbocycles. The Morgan fingerprint density at radius 3 is 2.46 bits per heavy atom. The smallest absolute Gasteiger partial charge is 0.357 e. The number of aromatic nitrogens is 1. The molecule has 1 aliphatic rings. The van der Waals surface area contributed by atoms with Gasteiger partial charge in [0.25, 0.3) is 0 Å². The Bertz CT molecular complexity index is 722. The van der Waals surface area contributed by atoms with Gasteiger partial charge < -0.3 is 15.2 Å². The fourth-order valence-corrected chi connectivity index (χ4v) is 3.80. The summed E-state index contributed by atoms with van der Waals surface area (Å²) in [6.07, 6.45) is 4.67. The maximum Gasteiger partial charge on any atom is 0.511 e. The first kappa shape index (κ1) is 20.6. The van der Waals surface area contributed by atoms with Gasteiger partial charge in [-0.15, -0.1) is 0 Å². The zero-order valence-electron chi connectivity index (χ0n) is 14.8. The van der Waals surface area contributed by atoms with Gasteiger partial charge in [0.2, 0.25) is 0 Å². The van der Waals surface area contributed by atoms with Crippen LogP contribution in [0.2, 0.25) is 0 Å². The highest BCUT2D eigenvalue weighted by molar-refractivity contribution is 7.90. The predicted molar refractivity (Wildman–Crippen MR) is 92.9 cm³/mol. The molecule has 2 heterocycles. The van der Waals surface area contributed by atoms with E-state index in [-0.39, 0.29) is 19.0 Å². The molecule has 11 heteroatoms. The van der Waals surface area contributed by atoms with Crippen molar-refractivity contribution in [1.82, 2.24) is 19.5 Å². The van der Waals surface area contributed by atoms with E-state index in [2.05, 4.69) is 15.6 Å². The molecular weight excluding hydrogens is 371 g/mol. The molecule has 148 valence electrons. The lowest BCUT2D eigenvalue weighted by atomic mass is 9.98. The molecule has 0 aliphatic carbocycles. The molecule has 1 aromatic heterocycles. The quantitative estimate of drug-likeness (QED) is 0.581. The largest absolute Gasteiger partial charge is 0.511 e. The van der Waals surface area contributed by atoms with E-state index >= 15 is 0 Å². The van der Waals surface area contributed by atoms with Gasteiger partial charge in [-0.1, -0.05) is 0 Å². The molecule has 0 bridgehead atoms. The lowest BCUT2D eigenvalue weighted by molar-refractivity contribution is -0.0496. The summed E-state index contributed by atoms with van der Waals surface area (Å²) in [6, 6.07) is 1.98. The molecule has 1 saturated heterocycles. The molecule has 0 amide bonds. The number of alkyl halides is 3. The van der Waals surface area contributed by atoms with Crippen molar-refractivity contribution in [2.75, 3.05) is 26.7 Å². The molecule has 7 nitrogen and oxygen atoms in total. The summed E-state index contributed by atoms with van der Waals surface area (Å²) >= 11 is 0. The van der Waals surface area contributed by atoms with Gasteiger partial charge in [-0.05, 0) is 30.4 Å². The standard InChI is InChI=1S/C15H24F3N5O2S/c1-19-14(21-10-13-3-6-22(2)11-13)20-9-12-4-7-23(8-5-12)26(24,25)15(16,17)18/h3,6,11-12H,4-5,7-10H2,1-2H3,(H2,19,20,21). The minimum atomic E-state index is -5.23. The fraction of sp³-hybridized carbons (Fsp3) is 0.667. The summed E-state index contributed by atoms with van der Waals surface area (Å²) < 4.78 is 63.0. The third-order valence-corrected chi connectivity index (χ3v) is 5.97. The minimum Gasteiger partial charge on any atom is -0.357 e. The van der Waals surface area contributed by atoms with E-state index in [9.17, 15) is 21.6 Å². The Morgan fingerprint density at radius 2 is 1.96 bits per heavy atom. The summed E-state index contributed by atoms with van der Waals surface area (Å²) in [4.78, 5) is 4.11. The van der Waals surface area contributed by atoms with Crippen LogP contribution in [0.25, 0.3) is 0 Å². The van der Waals surface area contributed by atoms with Crippen LogP contribution in [0, 0.1) is 5.92 Å². The van der Waals surface area contributed by atoms with Crippen LogP contribution in [0.3, 0.4) is 0 Å². The van der Waals surface area contributed by atoms with Gasteiger partial charge >= 0.3 is 15.5 Å². The number of aryl methyl sites for hydroxylation is 1. The topological polar surface area (TPSA) is 78.7 Å². The second-order valence-corrected chi connectivity index (χ2v) is 8.21. The number of aliphatic imine (C=N–C) groups is 1. The van der Waals surface area contributed by atoms with E-state index < -0.39 is 15.5 Å². The molecule has 2 N–H and O–H groups in total. The second-order valence-electron chi connectivity index (χ2n) is 6.29. The van der Waals surface area contributed by atoms with Crippen molar-refractivity contribution in [3.63, 3.8) is 0 Å². The van der Waals surface area contributed by atoms with Gasteiger partial charge in [-0.3, -0.25) is 4.99 Å². The summed E-state index contributed by atoms with van der Waals surface area (Å²) in [5.41, 5.74) is -4.14. The molecule has 1 aromatic rings. The Morgan fingerprint density at radius 1 is 1.31 bits per heavy atom. The average molecular weight is 395 g/mol. The van der Waals surface area contributed by atoms with Crippen molar-refractivity contribution < 1.29 is 21.6 Å². The first-order valence-corrected chi connectivity index (χ1v) is 9.69. The Kier molecular flexibility index (Phi) is 6.56. The monoisotopic (exact) mass is 395 g/mol. The van der Waals surface area contributed by atoms with Gasteiger partial charge in [0, 0.05) is 52.7 Å². The molecule has 2 rings (SSSR count). The number of halogens is 3. The number of nitrogens with zero attached hydrogens (tertiary/aromatic N) is 3. The zero-order chi connectivity index (χ0) is 19.4. The highest BCUT2D eigenvalue weighted by Crippen LogP contribution is 2.30. The first-order valence-electron chi connectivity index (χ1n) is 8.25. The molecule has 26 heavy (non-hydrogen) atoms. The van der Waals surface area contributed by atoms with Crippen molar-refractivity contribution in [2.45, 2.75) is 24.9 Å². The van der Waals surface area contributed by atoms with Gasteiger partial charge in [0.1, 0.15) is 0 Å². The van der Waals surface area contributed by atoms with E-state index in [0.717, 1.165) is 5.56 Å². The Balaban J connectivity index is 1.76. The van der Waals surface area contributed by atoms with Crippen LogP contribution in [-0.2, 0) is 23.6 Å². The average Bonchev–Trinajstić information content (AvgIpc) is 3.00. The molecular formula is C15H24F3N5O2S. The molecule has 0 atom stereocenters. The summed E-state index contributed by atoms with van der Waals surface area (Å²) in [5, 5.41) is 6.30. The lowest BCUT2D eigenvalue weighted by Crippen LogP contribution is -2.47. The predicted octanol–water partition coefficient (Wildman–Crippen LogP) is 1.25. The number of nitrogens with one attached hydrogen (secondary N) is 2. The lowest BCUT2D eigenvalue weighted by Gasteiger charge is -2.31. The number of sulfonamides is 1. The molecule has 1 aliphatic heterocycles. The molecule has 0 saturated carbocycles. The van der Waals surface area contributed by atoms with Crippen molar-refractivity contribution in [1.29, 1.82) is 0 Å². The van der Waals surface area contributed by atoms with Gasteiger partial charge in [0.05, 0.1) is 0 Å². The maximum absolute atomic E-state index is 12.6.